The predicted octanol–water partition coefficient (Wildman–Crippen LogP) is 3.16. The molecule has 8 heteroatoms. The van der Waals surface area contributed by atoms with Crippen molar-refractivity contribution in [1.29, 1.82) is 0 Å². The summed E-state index contributed by atoms with van der Waals surface area (Å²) in [6, 6.07) is 1.81. The van der Waals surface area contributed by atoms with Crippen molar-refractivity contribution >= 4 is 67.9 Å². The minimum absolute atomic E-state index is 0.247. The molecule has 2 N–H and O–H groups in total. The summed E-state index contributed by atoms with van der Waals surface area (Å²) in [4.78, 5) is 25.9. The van der Waals surface area contributed by atoms with Gasteiger partial charge in [-0.25, -0.2) is 0 Å². The Hall–Kier alpha value is -0.340. The van der Waals surface area contributed by atoms with Crippen LogP contribution in [0.5, 0.6) is 0 Å². The van der Waals surface area contributed by atoms with Crippen LogP contribution in [0.15, 0.2) is 15.4 Å². The van der Waals surface area contributed by atoms with E-state index in [1.54, 1.807) is 6.08 Å². The lowest BCUT2D eigenvalue weighted by Gasteiger charge is -2.09. The number of hydrogen-bond acceptors (Lipinski definition) is 5. The van der Waals surface area contributed by atoms with Crippen molar-refractivity contribution in [2.24, 2.45) is 5.73 Å². The number of nitrogens with zero attached hydrogens (tertiary/aromatic N) is 1. The topological polar surface area (TPSA) is 63.4 Å². The highest BCUT2D eigenvalue weighted by molar-refractivity contribution is 9.10. The van der Waals surface area contributed by atoms with Crippen LogP contribution in [0, 0.1) is 0 Å². The van der Waals surface area contributed by atoms with Crippen LogP contribution in [-0.2, 0) is 4.79 Å². The second-order valence-electron chi connectivity index (χ2n) is 3.39. The summed E-state index contributed by atoms with van der Waals surface area (Å²) in [5.74, 6) is -0.295. The summed E-state index contributed by atoms with van der Waals surface area (Å²) in [7, 11) is 0. The molecular formula is C10H8BrClN2O2S2. The van der Waals surface area contributed by atoms with Crippen molar-refractivity contribution in [3.05, 3.63) is 24.7 Å². The van der Waals surface area contributed by atoms with E-state index in [1.807, 2.05) is 6.07 Å². The van der Waals surface area contributed by atoms with Gasteiger partial charge in [-0.1, -0.05) is 11.6 Å². The van der Waals surface area contributed by atoms with Gasteiger partial charge in [0, 0.05) is 22.4 Å². The molecule has 0 bridgehead atoms. The number of carbonyl (C=O) groups excluding carboxylic acids is 2. The number of thioether (sulfide) groups is 1. The Morgan fingerprint density at radius 1 is 1.50 bits per heavy atom. The third-order valence-corrected chi connectivity index (χ3v) is 5.49. The zero-order valence-corrected chi connectivity index (χ0v) is 13.0. The zero-order chi connectivity index (χ0) is 13.3. The maximum Gasteiger partial charge on any atom is 0.293 e. The summed E-state index contributed by atoms with van der Waals surface area (Å²) in [5.41, 5.74) is 5.36. The lowest BCUT2D eigenvalue weighted by atomic mass is 10.3. The van der Waals surface area contributed by atoms with Gasteiger partial charge in [-0.15, -0.1) is 11.3 Å². The first-order chi connectivity index (χ1) is 8.52. The van der Waals surface area contributed by atoms with E-state index in [4.69, 9.17) is 17.3 Å². The van der Waals surface area contributed by atoms with E-state index in [1.165, 1.54) is 11.3 Å². The maximum atomic E-state index is 11.9. The number of nitrogens with two attached hydrogens (primary N) is 1. The molecule has 18 heavy (non-hydrogen) atoms. The number of carbonyl (C=O) groups is 2. The molecule has 0 unspecified atom stereocenters. The molecule has 2 rings (SSSR count). The van der Waals surface area contributed by atoms with Crippen molar-refractivity contribution < 1.29 is 9.59 Å². The molecule has 1 saturated heterocycles. The van der Waals surface area contributed by atoms with Gasteiger partial charge in [0.1, 0.15) is 4.34 Å². The molecule has 4 nitrogen and oxygen atoms in total. The smallest absolute Gasteiger partial charge is 0.293 e. The standard InChI is InChI=1S/C10H8BrClN2O2S2/c11-6-3-5(17-8(6)12)4-7-9(15)14(2-1-13)10(16)18-7/h3-4H,1-2,13H2. The van der Waals surface area contributed by atoms with Gasteiger partial charge < -0.3 is 5.73 Å². The number of hydrogen-bond donors (Lipinski definition) is 1. The van der Waals surface area contributed by atoms with Crippen molar-refractivity contribution in [2.75, 3.05) is 13.1 Å². The summed E-state index contributed by atoms with van der Waals surface area (Å²) >= 11 is 11.5. The Bertz CT molecular complexity index is 524. The van der Waals surface area contributed by atoms with Crippen LogP contribution in [0.25, 0.3) is 6.08 Å². The first kappa shape index (κ1) is 14.1. The molecule has 0 saturated carbocycles. The molecule has 96 valence electrons. The monoisotopic (exact) mass is 366 g/mol. The highest BCUT2D eigenvalue weighted by atomic mass is 79.9. The van der Waals surface area contributed by atoms with E-state index in [-0.39, 0.29) is 24.2 Å². The van der Waals surface area contributed by atoms with Gasteiger partial charge >= 0.3 is 0 Å². The van der Waals surface area contributed by atoms with E-state index in [0.29, 0.717) is 9.24 Å². The molecule has 1 aliphatic rings. The third kappa shape index (κ3) is 2.80. The van der Waals surface area contributed by atoms with E-state index >= 15 is 0 Å². The Kier molecular flexibility index (Phi) is 4.50. The van der Waals surface area contributed by atoms with Crippen molar-refractivity contribution in [3.63, 3.8) is 0 Å². The lowest BCUT2D eigenvalue weighted by Crippen LogP contribution is -2.33. The number of amides is 2. The van der Waals surface area contributed by atoms with Gasteiger partial charge in [0.05, 0.1) is 4.91 Å². The fourth-order valence-electron chi connectivity index (χ4n) is 1.39. The van der Waals surface area contributed by atoms with Gasteiger partial charge in [0.15, 0.2) is 0 Å². The normalized spacial score (nSPS) is 18.2. The number of halogens is 2. The SMILES string of the molecule is NCCN1C(=O)SC(=Cc2cc(Br)c(Cl)s2)C1=O. The number of thiophene rings is 1. The van der Waals surface area contributed by atoms with Gasteiger partial charge in [0.2, 0.25) is 0 Å². The van der Waals surface area contributed by atoms with Crippen LogP contribution in [-0.4, -0.2) is 29.1 Å². The Morgan fingerprint density at radius 3 is 2.78 bits per heavy atom. The molecule has 2 heterocycles. The minimum Gasteiger partial charge on any atom is -0.329 e. The average Bonchev–Trinajstić information content (AvgIpc) is 2.75. The van der Waals surface area contributed by atoms with Gasteiger partial charge in [-0.2, -0.15) is 0 Å². The molecule has 0 radical (unpaired) electrons. The van der Waals surface area contributed by atoms with E-state index in [9.17, 15) is 9.59 Å². The Morgan fingerprint density at radius 2 is 2.22 bits per heavy atom. The van der Waals surface area contributed by atoms with Crippen LogP contribution in [0.3, 0.4) is 0 Å². The summed E-state index contributed by atoms with van der Waals surface area (Å²) in [6.45, 7) is 0.512. The van der Waals surface area contributed by atoms with Crippen molar-refractivity contribution in [1.82, 2.24) is 4.90 Å². The zero-order valence-electron chi connectivity index (χ0n) is 8.98. The van der Waals surface area contributed by atoms with Crippen LogP contribution < -0.4 is 5.73 Å². The minimum atomic E-state index is -0.295. The summed E-state index contributed by atoms with van der Waals surface area (Å²) in [5, 5.41) is -0.279. The second kappa shape index (κ2) is 5.75. The molecule has 1 aromatic heterocycles. The molecule has 1 fully saturated rings. The first-order valence-corrected chi connectivity index (χ1v) is 7.73. The van der Waals surface area contributed by atoms with Crippen LogP contribution in [0.2, 0.25) is 4.34 Å². The van der Waals surface area contributed by atoms with Gasteiger partial charge in [-0.05, 0) is 39.8 Å². The van der Waals surface area contributed by atoms with Crippen LogP contribution in [0.1, 0.15) is 4.88 Å². The quantitative estimate of drug-likeness (QED) is 0.834. The van der Waals surface area contributed by atoms with Crippen LogP contribution >= 0.6 is 50.6 Å². The third-order valence-electron chi connectivity index (χ3n) is 2.16. The Balaban J connectivity index is 2.24. The molecular weight excluding hydrogens is 360 g/mol. The first-order valence-electron chi connectivity index (χ1n) is 4.93. The molecule has 2 amide bonds. The number of imide groups is 1. The lowest BCUT2D eigenvalue weighted by molar-refractivity contribution is -0.122. The predicted molar refractivity (Wildman–Crippen MR) is 78.8 cm³/mol. The summed E-state index contributed by atoms with van der Waals surface area (Å²) < 4.78 is 1.39. The van der Waals surface area contributed by atoms with Crippen molar-refractivity contribution in [2.45, 2.75) is 0 Å². The van der Waals surface area contributed by atoms with Crippen molar-refractivity contribution in [3.8, 4) is 0 Å². The molecule has 0 spiro atoms. The summed E-state index contributed by atoms with van der Waals surface area (Å²) in [6.07, 6.45) is 1.67. The fraction of sp³-hybridized carbons (Fsp3) is 0.200. The fourth-order valence-corrected chi connectivity index (χ4v) is 4.00. The molecule has 0 aromatic carbocycles. The van der Waals surface area contributed by atoms with E-state index < -0.39 is 0 Å². The highest BCUT2D eigenvalue weighted by Gasteiger charge is 2.34. The van der Waals surface area contributed by atoms with Crippen LogP contribution in [0.4, 0.5) is 4.79 Å². The molecule has 0 aliphatic carbocycles. The van der Waals surface area contributed by atoms with Gasteiger partial charge in [-0.3, -0.25) is 14.5 Å². The Labute approximate surface area is 125 Å². The molecule has 1 aliphatic heterocycles. The van der Waals surface area contributed by atoms with E-state index in [0.717, 1.165) is 26.0 Å². The highest BCUT2D eigenvalue weighted by Crippen LogP contribution is 2.37. The second-order valence-corrected chi connectivity index (χ2v) is 6.93. The number of rotatable bonds is 3. The largest absolute Gasteiger partial charge is 0.329 e. The molecule has 1 aromatic rings. The van der Waals surface area contributed by atoms with Gasteiger partial charge in [0.25, 0.3) is 11.1 Å². The average molecular weight is 368 g/mol. The van der Waals surface area contributed by atoms with E-state index in [2.05, 4.69) is 15.9 Å². The maximum absolute atomic E-state index is 11.9. The molecule has 0 atom stereocenters.